The fraction of sp³-hybridized carbons (Fsp3) is 0.250. The van der Waals surface area contributed by atoms with Crippen molar-refractivity contribution in [3.05, 3.63) is 71.8 Å². The van der Waals surface area contributed by atoms with Gasteiger partial charge in [0.05, 0.1) is 23.1 Å². The Morgan fingerprint density at radius 2 is 1.65 bits per heavy atom. The smallest absolute Gasteiger partial charge is 0.338 e. The predicted molar refractivity (Wildman–Crippen MR) is 114 cm³/mol. The van der Waals surface area contributed by atoms with Gasteiger partial charge in [-0.3, -0.25) is 19.3 Å². The van der Waals surface area contributed by atoms with Gasteiger partial charge in [0.15, 0.2) is 6.61 Å². The van der Waals surface area contributed by atoms with Crippen molar-refractivity contribution in [1.82, 2.24) is 0 Å². The van der Waals surface area contributed by atoms with Crippen LogP contribution in [0.5, 0.6) is 0 Å². The highest BCUT2D eigenvalue weighted by Crippen LogP contribution is 2.37. The summed E-state index contributed by atoms with van der Waals surface area (Å²) >= 11 is 0. The van der Waals surface area contributed by atoms with Gasteiger partial charge in [-0.2, -0.15) is 0 Å². The van der Waals surface area contributed by atoms with Crippen LogP contribution >= 0.6 is 0 Å². The molecular weight excluding hydrogens is 396 g/mol. The van der Waals surface area contributed by atoms with Crippen molar-refractivity contribution >= 4 is 35.1 Å². The van der Waals surface area contributed by atoms with Crippen LogP contribution < -0.4 is 10.2 Å². The van der Waals surface area contributed by atoms with Gasteiger partial charge in [-0.05, 0) is 50.1 Å². The van der Waals surface area contributed by atoms with Crippen LogP contribution in [0.3, 0.4) is 0 Å². The van der Waals surface area contributed by atoms with E-state index < -0.39 is 18.5 Å². The largest absolute Gasteiger partial charge is 0.452 e. The number of fused-ring (bicyclic) bond motifs is 1. The average Bonchev–Trinajstić information content (AvgIpc) is 3.04. The monoisotopic (exact) mass is 418 g/mol. The van der Waals surface area contributed by atoms with Gasteiger partial charge in [0.1, 0.15) is 0 Å². The molecule has 1 heterocycles. The minimum Gasteiger partial charge on any atom is -0.452 e. The lowest BCUT2D eigenvalue weighted by Gasteiger charge is -2.15. The highest BCUT2D eigenvalue weighted by molar-refractivity contribution is 6.22. The molecule has 2 aromatic rings. The van der Waals surface area contributed by atoms with Crippen molar-refractivity contribution in [3.63, 3.8) is 0 Å². The van der Waals surface area contributed by atoms with E-state index in [0.29, 0.717) is 24.2 Å². The molecular formula is C24H22N2O5. The second kappa shape index (κ2) is 8.55. The van der Waals surface area contributed by atoms with Crippen molar-refractivity contribution in [2.45, 2.75) is 19.8 Å². The molecule has 2 atom stereocenters. The van der Waals surface area contributed by atoms with Gasteiger partial charge in [-0.1, -0.05) is 35.9 Å². The molecule has 7 nitrogen and oxygen atoms in total. The van der Waals surface area contributed by atoms with Crippen LogP contribution in [0.1, 0.15) is 28.8 Å². The number of nitrogens with zero attached hydrogens (tertiary/aromatic N) is 1. The number of benzene rings is 2. The first-order valence-corrected chi connectivity index (χ1v) is 10.1. The van der Waals surface area contributed by atoms with Crippen LogP contribution in [0.15, 0.2) is 60.7 Å². The Morgan fingerprint density at radius 3 is 2.29 bits per heavy atom. The number of aryl methyl sites for hydroxylation is 1. The first kappa shape index (κ1) is 20.5. The Bertz CT molecular complexity index is 1050. The summed E-state index contributed by atoms with van der Waals surface area (Å²) in [5.41, 5.74) is 2.17. The number of ether oxygens (including phenoxy) is 1. The number of allylic oxidation sites excluding steroid dienone is 2. The number of rotatable bonds is 5. The molecule has 1 N–H and O–H groups in total. The molecule has 0 saturated carbocycles. The summed E-state index contributed by atoms with van der Waals surface area (Å²) in [4.78, 5) is 51.1. The molecule has 1 aliphatic heterocycles. The summed E-state index contributed by atoms with van der Waals surface area (Å²) in [5.74, 6) is -2.37. The van der Waals surface area contributed by atoms with Crippen LogP contribution in [-0.2, 0) is 19.1 Å². The molecule has 158 valence electrons. The van der Waals surface area contributed by atoms with E-state index >= 15 is 0 Å². The molecule has 2 aromatic carbocycles. The third-order valence-electron chi connectivity index (χ3n) is 5.52. The number of esters is 1. The highest BCUT2D eigenvalue weighted by Gasteiger charge is 2.47. The van der Waals surface area contributed by atoms with E-state index in [9.17, 15) is 19.2 Å². The lowest BCUT2D eigenvalue weighted by Crippen LogP contribution is -2.31. The standard InChI is InChI=1S/C24H22N2O5/c1-15-9-11-17(12-10-15)25-21(27)14-31-24(30)16-5-4-6-18(13-16)26-22(28)19-7-2-3-8-20(19)23(26)29/h2-6,9-13,19-20H,7-8,14H2,1H3,(H,25,27)/t19-,20+. The quantitative estimate of drug-likeness (QED) is 0.457. The minimum absolute atomic E-state index is 0.161. The van der Waals surface area contributed by atoms with E-state index in [1.54, 1.807) is 24.3 Å². The Labute approximate surface area is 179 Å². The first-order valence-electron chi connectivity index (χ1n) is 10.1. The Kier molecular flexibility index (Phi) is 5.66. The zero-order chi connectivity index (χ0) is 22.0. The summed E-state index contributed by atoms with van der Waals surface area (Å²) in [6, 6.07) is 13.4. The predicted octanol–water partition coefficient (Wildman–Crippen LogP) is 3.25. The molecule has 0 bridgehead atoms. The van der Waals surface area contributed by atoms with Crippen LogP contribution in [0.4, 0.5) is 11.4 Å². The lowest BCUT2D eigenvalue weighted by molar-refractivity contribution is -0.122. The second-order valence-corrected chi connectivity index (χ2v) is 7.71. The van der Waals surface area contributed by atoms with Gasteiger partial charge < -0.3 is 10.1 Å². The SMILES string of the molecule is Cc1ccc(NC(=O)COC(=O)c2cccc(N3C(=O)[C@H]4CC=CC[C@H]4C3=O)c2)cc1. The van der Waals surface area contributed by atoms with E-state index in [1.165, 1.54) is 12.1 Å². The first-order chi connectivity index (χ1) is 14.9. The number of carbonyl (C=O) groups is 4. The van der Waals surface area contributed by atoms with E-state index in [4.69, 9.17) is 4.74 Å². The molecule has 31 heavy (non-hydrogen) atoms. The van der Waals surface area contributed by atoms with E-state index in [-0.39, 0.29) is 29.2 Å². The topological polar surface area (TPSA) is 92.8 Å². The van der Waals surface area contributed by atoms with E-state index in [0.717, 1.165) is 10.5 Å². The van der Waals surface area contributed by atoms with Gasteiger partial charge >= 0.3 is 5.97 Å². The number of hydrogen-bond donors (Lipinski definition) is 1. The molecule has 0 aromatic heterocycles. The van der Waals surface area contributed by atoms with Crippen LogP contribution in [0.2, 0.25) is 0 Å². The van der Waals surface area contributed by atoms with Crippen molar-refractivity contribution in [3.8, 4) is 0 Å². The summed E-state index contributed by atoms with van der Waals surface area (Å²) < 4.78 is 5.10. The molecule has 1 aliphatic carbocycles. The fourth-order valence-corrected chi connectivity index (χ4v) is 3.88. The number of anilines is 2. The van der Waals surface area contributed by atoms with Gasteiger partial charge in [0.2, 0.25) is 11.8 Å². The lowest BCUT2D eigenvalue weighted by atomic mass is 9.85. The normalized spacial score (nSPS) is 19.8. The van der Waals surface area contributed by atoms with Gasteiger partial charge in [-0.15, -0.1) is 0 Å². The number of hydrogen-bond acceptors (Lipinski definition) is 5. The molecule has 7 heteroatoms. The van der Waals surface area contributed by atoms with Crippen LogP contribution in [-0.4, -0.2) is 30.3 Å². The summed E-state index contributed by atoms with van der Waals surface area (Å²) in [5, 5.41) is 2.65. The molecule has 0 spiro atoms. The number of imide groups is 1. The summed E-state index contributed by atoms with van der Waals surface area (Å²) in [6.45, 7) is 1.49. The second-order valence-electron chi connectivity index (χ2n) is 7.71. The van der Waals surface area contributed by atoms with Crippen molar-refractivity contribution in [2.24, 2.45) is 11.8 Å². The van der Waals surface area contributed by atoms with Crippen molar-refractivity contribution in [1.29, 1.82) is 0 Å². The van der Waals surface area contributed by atoms with Crippen molar-refractivity contribution < 1.29 is 23.9 Å². The Balaban J connectivity index is 1.40. The molecule has 0 radical (unpaired) electrons. The number of amides is 3. The van der Waals surface area contributed by atoms with Gasteiger partial charge in [0, 0.05) is 5.69 Å². The third-order valence-corrected chi connectivity index (χ3v) is 5.52. The minimum atomic E-state index is -0.709. The Hall–Kier alpha value is -3.74. The van der Waals surface area contributed by atoms with Crippen LogP contribution in [0, 0.1) is 18.8 Å². The maximum Gasteiger partial charge on any atom is 0.338 e. The maximum atomic E-state index is 12.7. The van der Waals surface area contributed by atoms with E-state index in [2.05, 4.69) is 5.32 Å². The number of nitrogens with one attached hydrogen (secondary N) is 1. The molecule has 0 unspecified atom stereocenters. The zero-order valence-electron chi connectivity index (χ0n) is 17.0. The Morgan fingerprint density at radius 1 is 1.00 bits per heavy atom. The van der Waals surface area contributed by atoms with Gasteiger partial charge in [0.25, 0.3) is 5.91 Å². The third kappa shape index (κ3) is 4.26. The van der Waals surface area contributed by atoms with Gasteiger partial charge in [-0.25, -0.2) is 4.79 Å². The van der Waals surface area contributed by atoms with Crippen molar-refractivity contribution in [2.75, 3.05) is 16.8 Å². The molecule has 2 aliphatic rings. The van der Waals surface area contributed by atoms with Crippen LogP contribution in [0.25, 0.3) is 0 Å². The summed E-state index contributed by atoms with van der Waals surface area (Å²) in [7, 11) is 0. The molecule has 1 fully saturated rings. The maximum absolute atomic E-state index is 12.7. The average molecular weight is 418 g/mol. The number of carbonyl (C=O) groups excluding carboxylic acids is 4. The zero-order valence-corrected chi connectivity index (χ0v) is 17.0. The molecule has 1 saturated heterocycles. The van der Waals surface area contributed by atoms with E-state index in [1.807, 2.05) is 31.2 Å². The summed E-state index contributed by atoms with van der Waals surface area (Å²) in [6.07, 6.45) is 4.93. The fourth-order valence-electron chi connectivity index (χ4n) is 3.88. The highest BCUT2D eigenvalue weighted by atomic mass is 16.5. The molecule has 3 amide bonds. The molecule has 4 rings (SSSR count).